The van der Waals surface area contributed by atoms with Crippen molar-refractivity contribution in [3.8, 4) is 5.75 Å². The van der Waals surface area contributed by atoms with Crippen LogP contribution in [0.4, 0.5) is 0 Å². The van der Waals surface area contributed by atoms with Crippen molar-refractivity contribution in [1.29, 1.82) is 0 Å². The fraction of sp³-hybridized carbons (Fsp3) is 0.350. The first-order valence-corrected chi connectivity index (χ1v) is 11.0. The van der Waals surface area contributed by atoms with Crippen molar-refractivity contribution in [2.45, 2.75) is 17.7 Å². The number of rotatable bonds is 7. The highest BCUT2D eigenvalue weighted by atomic mass is 35.5. The first kappa shape index (κ1) is 20.6. The lowest BCUT2D eigenvalue weighted by Gasteiger charge is -2.30. The monoisotopic (exact) mass is 422 g/mol. The molecule has 1 aliphatic rings. The van der Waals surface area contributed by atoms with Gasteiger partial charge in [0.05, 0.1) is 11.4 Å². The van der Waals surface area contributed by atoms with Crippen molar-refractivity contribution >= 4 is 27.5 Å². The van der Waals surface area contributed by atoms with Gasteiger partial charge >= 0.3 is 0 Å². The second kappa shape index (κ2) is 9.41. The molecule has 8 heteroatoms. The number of benzene rings is 2. The van der Waals surface area contributed by atoms with Gasteiger partial charge in [0, 0.05) is 24.0 Å². The van der Waals surface area contributed by atoms with Gasteiger partial charge < -0.3 is 10.1 Å². The van der Waals surface area contributed by atoms with Gasteiger partial charge in [0.1, 0.15) is 12.4 Å². The average molecular weight is 423 g/mol. The Kier molecular flexibility index (Phi) is 6.93. The largest absolute Gasteiger partial charge is 0.492 e. The van der Waals surface area contributed by atoms with E-state index in [9.17, 15) is 13.2 Å². The van der Waals surface area contributed by atoms with Crippen LogP contribution in [0.5, 0.6) is 5.75 Å². The van der Waals surface area contributed by atoms with Crippen molar-refractivity contribution in [3.63, 3.8) is 0 Å². The fourth-order valence-corrected chi connectivity index (χ4v) is 4.71. The van der Waals surface area contributed by atoms with Gasteiger partial charge in [-0.2, -0.15) is 4.31 Å². The van der Waals surface area contributed by atoms with Crippen LogP contribution in [-0.4, -0.2) is 44.9 Å². The van der Waals surface area contributed by atoms with E-state index in [1.165, 1.54) is 16.4 Å². The molecule has 0 spiro atoms. The third kappa shape index (κ3) is 5.25. The highest BCUT2D eigenvalue weighted by molar-refractivity contribution is 7.89. The highest BCUT2D eigenvalue weighted by Gasteiger charge is 2.31. The predicted molar refractivity (Wildman–Crippen MR) is 108 cm³/mol. The van der Waals surface area contributed by atoms with Crippen LogP contribution in [0, 0.1) is 5.92 Å². The Balaban J connectivity index is 1.44. The quantitative estimate of drug-likeness (QED) is 0.696. The zero-order valence-electron chi connectivity index (χ0n) is 15.4. The summed E-state index contributed by atoms with van der Waals surface area (Å²) in [5.41, 5.74) is 0. The minimum atomic E-state index is -3.56. The first-order valence-electron chi connectivity index (χ1n) is 9.18. The minimum absolute atomic E-state index is 0.0554. The summed E-state index contributed by atoms with van der Waals surface area (Å²) in [5.74, 6) is 0.519. The minimum Gasteiger partial charge on any atom is -0.492 e. The second-order valence-corrected chi connectivity index (χ2v) is 8.96. The first-order chi connectivity index (χ1) is 13.5. The Morgan fingerprint density at radius 1 is 1.07 bits per heavy atom. The van der Waals surface area contributed by atoms with Crippen molar-refractivity contribution in [2.24, 2.45) is 5.92 Å². The predicted octanol–water partition coefficient (Wildman–Crippen LogP) is 2.94. The highest BCUT2D eigenvalue weighted by Crippen LogP contribution is 2.24. The van der Waals surface area contributed by atoms with E-state index in [0.717, 1.165) is 5.75 Å². The maximum atomic E-state index is 12.7. The van der Waals surface area contributed by atoms with Gasteiger partial charge in [-0.25, -0.2) is 8.42 Å². The molecule has 0 aromatic heterocycles. The lowest BCUT2D eigenvalue weighted by atomic mass is 9.97. The Morgan fingerprint density at radius 2 is 1.71 bits per heavy atom. The molecular formula is C20H23ClN2O4S. The average Bonchev–Trinajstić information content (AvgIpc) is 2.72. The number of ether oxygens (including phenoxy) is 1. The third-order valence-corrected chi connectivity index (χ3v) is 6.85. The van der Waals surface area contributed by atoms with Crippen LogP contribution < -0.4 is 10.1 Å². The summed E-state index contributed by atoms with van der Waals surface area (Å²) in [6.45, 7) is 1.45. The summed E-state index contributed by atoms with van der Waals surface area (Å²) >= 11 is 5.83. The van der Waals surface area contributed by atoms with Crippen molar-refractivity contribution < 1.29 is 17.9 Å². The van der Waals surface area contributed by atoms with Crippen LogP contribution in [0.3, 0.4) is 0 Å². The van der Waals surface area contributed by atoms with Gasteiger partial charge in [-0.1, -0.05) is 29.8 Å². The van der Waals surface area contributed by atoms with E-state index in [-0.39, 0.29) is 16.7 Å². The van der Waals surface area contributed by atoms with E-state index in [1.807, 2.05) is 30.3 Å². The number of nitrogens with zero attached hydrogens (tertiary/aromatic N) is 1. The summed E-state index contributed by atoms with van der Waals surface area (Å²) in [4.78, 5) is 12.5. The molecule has 1 saturated heterocycles. The number of carbonyl (C=O) groups excluding carboxylic acids is 1. The number of amides is 1. The molecule has 2 aromatic rings. The van der Waals surface area contributed by atoms with Crippen LogP contribution in [0.15, 0.2) is 59.5 Å². The van der Waals surface area contributed by atoms with Crippen molar-refractivity contribution in [1.82, 2.24) is 9.62 Å². The van der Waals surface area contributed by atoms with Crippen molar-refractivity contribution in [2.75, 3.05) is 26.2 Å². The van der Waals surface area contributed by atoms with Crippen LogP contribution in [-0.2, 0) is 14.8 Å². The Morgan fingerprint density at radius 3 is 2.36 bits per heavy atom. The Labute approximate surface area is 170 Å². The van der Waals surface area contributed by atoms with Crippen LogP contribution in [0.1, 0.15) is 12.8 Å². The number of sulfonamides is 1. The number of piperidine rings is 1. The van der Waals surface area contributed by atoms with E-state index in [1.54, 1.807) is 12.1 Å². The molecule has 1 heterocycles. The van der Waals surface area contributed by atoms with E-state index in [0.29, 0.717) is 44.1 Å². The molecule has 1 N–H and O–H groups in total. The molecule has 0 radical (unpaired) electrons. The molecule has 1 fully saturated rings. The Hall–Kier alpha value is -2.09. The molecule has 150 valence electrons. The second-order valence-electron chi connectivity index (χ2n) is 6.58. The molecule has 0 saturated carbocycles. The van der Waals surface area contributed by atoms with Gasteiger partial charge in [-0.3, -0.25) is 4.79 Å². The topological polar surface area (TPSA) is 75.7 Å². The van der Waals surface area contributed by atoms with Gasteiger partial charge in [0.15, 0.2) is 0 Å². The molecule has 1 amide bonds. The zero-order valence-corrected chi connectivity index (χ0v) is 17.0. The SMILES string of the molecule is O=C(NCCOc1ccccc1)C1CCN(S(=O)(=O)c2ccc(Cl)cc2)CC1. The molecule has 0 aliphatic carbocycles. The number of hydrogen-bond acceptors (Lipinski definition) is 4. The molecule has 1 aliphatic heterocycles. The van der Waals surface area contributed by atoms with E-state index < -0.39 is 10.0 Å². The molecule has 0 unspecified atom stereocenters. The fourth-order valence-electron chi connectivity index (χ4n) is 3.12. The van der Waals surface area contributed by atoms with E-state index in [2.05, 4.69) is 5.32 Å². The molecule has 28 heavy (non-hydrogen) atoms. The van der Waals surface area contributed by atoms with Crippen LogP contribution in [0.25, 0.3) is 0 Å². The number of nitrogens with one attached hydrogen (secondary N) is 1. The lowest BCUT2D eigenvalue weighted by Crippen LogP contribution is -2.43. The zero-order chi connectivity index (χ0) is 20.0. The molecule has 0 bridgehead atoms. The molecular weight excluding hydrogens is 400 g/mol. The smallest absolute Gasteiger partial charge is 0.243 e. The normalized spacial score (nSPS) is 15.9. The molecule has 3 rings (SSSR count). The maximum absolute atomic E-state index is 12.7. The summed E-state index contributed by atoms with van der Waals surface area (Å²) in [6, 6.07) is 15.5. The lowest BCUT2D eigenvalue weighted by molar-refractivity contribution is -0.126. The number of carbonyl (C=O) groups is 1. The Bertz CT molecular complexity index is 880. The molecule has 2 aromatic carbocycles. The van der Waals surface area contributed by atoms with Gasteiger partial charge in [0.2, 0.25) is 15.9 Å². The molecule has 0 atom stereocenters. The summed E-state index contributed by atoms with van der Waals surface area (Å²) < 4.78 is 32.4. The van der Waals surface area contributed by atoms with Gasteiger partial charge in [-0.15, -0.1) is 0 Å². The standard InChI is InChI=1S/C20H23ClN2O4S/c21-17-6-8-19(9-7-17)28(25,26)23-13-10-16(11-14-23)20(24)22-12-15-27-18-4-2-1-3-5-18/h1-9,16H,10-15H2,(H,22,24). The van der Waals surface area contributed by atoms with Crippen LogP contribution in [0.2, 0.25) is 5.02 Å². The van der Waals surface area contributed by atoms with Gasteiger partial charge in [-0.05, 0) is 49.2 Å². The van der Waals surface area contributed by atoms with Crippen LogP contribution >= 0.6 is 11.6 Å². The van der Waals surface area contributed by atoms with Crippen molar-refractivity contribution in [3.05, 3.63) is 59.6 Å². The summed E-state index contributed by atoms with van der Waals surface area (Å²) in [5, 5.41) is 3.36. The summed E-state index contributed by atoms with van der Waals surface area (Å²) in [7, 11) is -3.56. The number of hydrogen-bond donors (Lipinski definition) is 1. The van der Waals surface area contributed by atoms with E-state index >= 15 is 0 Å². The number of para-hydroxylation sites is 1. The van der Waals surface area contributed by atoms with Gasteiger partial charge in [0.25, 0.3) is 0 Å². The molecule has 6 nitrogen and oxygen atoms in total. The number of halogens is 1. The maximum Gasteiger partial charge on any atom is 0.243 e. The third-order valence-electron chi connectivity index (χ3n) is 4.69. The summed E-state index contributed by atoms with van der Waals surface area (Å²) in [6.07, 6.45) is 0.996. The van der Waals surface area contributed by atoms with E-state index in [4.69, 9.17) is 16.3 Å².